The Balaban J connectivity index is 1.16. The van der Waals surface area contributed by atoms with Crippen molar-refractivity contribution in [2.45, 2.75) is 38.3 Å². The second-order valence-electron chi connectivity index (χ2n) is 9.77. The topological polar surface area (TPSA) is 49.8 Å². The molecular formula is C25H26F3NO3. The van der Waals surface area contributed by atoms with Crippen LogP contribution < -0.4 is 4.74 Å². The van der Waals surface area contributed by atoms with Crippen molar-refractivity contribution in [3.05, 3.63) is 64.7 Å². The van der Waals surface area contributed by atoms with Crippen molar-refractivity contribution in [3.8, 4) is 5.75 Å². The van der Waals surface area contributed by atoms with Crippen molar-refractivity contribution in [1.82, 2.24) is 4.90 Å². The van der Waals surface area contributed by atoms with E-state index < -0.39 is 23.1 Å². The lowest BCUT2D eigenvalue weighted by atomic mass is 9.76. The number of ether oxygens (including phenoxy) is 1. The van der Waals surface area contributed by atoms with Crippen molar-refractivity contribution in [1.29, 1.82) is 0 Å². The Morgan fingerprint density at radius 1 is 1.06 bits per heavy atom. The van der Waals surface area contributed by atoms with E-state index in [0.717, 1.165) is 44.8 Å². The number of carbonyl (C=O) groups is 1. The van der Waals surface area contributed by atoms with Crippen LogP contribution in [0.15, 0.2) is 42.5 Å². The highest BCUT2D eigenvalue weighted by atomic mass is 19.4. The molecule has 1 spiro atoms. The maximum absolute atomic E-state index is 13.1. The van der Waals surface area contributed by atoms with E-state index in [1.807, 2.05) is 12.1 Å². The lowest BCUT2D eigenvalue weighted by molar-refractivity contribution is -0.145. The standard InChI is InChI=1S/C25H26F3NO3/c26-25(27,28)21-4-2-1-3-17(21)7-10-32-20-6-5-18-12-23(13-19(18)11-20)14-29(15-23)16-24(8-9-24)22(30)31/h1-6,11H,7-10,12-16H2,(H,30,31). The van der Waals surface area contributed by atoms with Gasteiger partial charge in [0.25, 0.3) is 0 Å². The van der Waals surface area contributed by atoms with E-state index in [-0.39, 0.29) is 24.0 Å². The lowest BCUT2D eigenvalue weighted by Gasteiger charge is -2.49. The number of carboxylic acid groups (broad SMARTS) is 1. The molecule has 0 amide bonds. The molecule has 0 aromatic heterocycles. The fraction of sp³-hybridized carbons (Fsp3) is 0.480. The molecule has 1 N–H and O–H groups in total. The molecule has 0 unspecified atom stereocenters. The molecule has 0 bridgehead atoms. The first-order chi connectivity index (χ1) is 15.2. The van der Waals surface area contributed by atoms with Crippen LogP contribution in [0.1, 0.15) is 35.1 Å². The van der Waals surface area contributed by atoms with Gasteiger partial charge in [0.05, 0.1) is 17.6 Å². The summed E-state index contributed by atoms with van der Waals surface area (Å²) >= 11 is 0. The molecule has 2 aromatic rings. The Hall–Kier alpha value is -2.54. The molecule has 170 valence electrons. The van der Waals surface area contributed by atoms with Gasteiger partial charge in [-0.05, 0) is 60.6 Å². The third-order valence-corrected chi connectivity index (χ3v) is 7.22. The summed E-state index contributed by atoms with van der Waals surface area (Å²) < 4.78 is 45.2. The number of carboxylic acids is 1. The average molecular weight is 445 g/mol. The van der Waals surface area contributed by atoms with Crippen molar-refractivity contribution in [2.24, 2.45) is 10.8 Å². The number of hydrogen-bond acceptors (Lipinski definition) is 3. The second kappa shape index (κ2) is 7.51. The number of benzene rings is 2. The summed E-state index contributed by atoms with van der Waals surface area (Å²) in [6, 6.07) is 11.6. The zero-order valence-electron chi connectivity index (χ0n) is 17.8. The van der Waals surface area contributed by atoms with E-state index >= 15 is 0 Å². The van der Waals surface area contributed by atoms with Crippen molar-refractivity contribution >= 4 is 5.97 Å². The van der Waals surface area contributed by atoms with Crippen LogP contribution in [0.25, 0.3) is 0 Å². The van der Waals surface area contributed by atoms with E-state index in [1.54, 1.807) is 6.07 Å². The molecule has 2 aliphatic carbocycles. The number of hydrogen-bond donors (Lipinski definition) is 1. The minimum atomic E-state index is -4.36. The highest BCUT2D eigenvalue weighted by molar-refractivity contribution is 5.78. The van der Waals surface area contributed by atoms with Crippen LogP contribution in [0, 0.1) is 10.8 Å². The maximum Gasteiger partial charge on any atom is 0.416 e. The van der Waals surface area contributed by atoms with Crippen molar-refractivity contribution in [3.63, 3.8) is 0 Å². The molecule has 1 aliphatic heterocycles. The number of halogens is 3. The Kier molecular flexibility index (Phi) is 5.00. The van der Waals surface area contributed by atoms with Crippen LogP contribution in [0.4, 0.5) is 13.2 Å². The smallest absolute Gasteiger partial charge is 0.416 e. The fourth-order valence-electron chi connectivity index (χ4n) is 5.45. The zero-order valence-corrected chi connectivity index (χ0v) is 17.8. The molecule has 0 radical (unpaired) electrons. The second-order valence-corrected chi connectivity index (χ2v) is 9.77. The minimum Gasteiger partial charge on any atom is -0.493 e. The first-order valence-corrected chi connectivity index (χ1v) is 11.0. The summed E-state index contributed by atoms with van der Waals surface area (Å²) in [6.45, 7) is 2.67. The summed E-state index contributed by atoms with van der Waals surface area (Å²) in [6.07, 6.45) is -0.693. The Morgan fingerprint density at radius 2 is 1.78 bits per heavy atom. The Morgan fingerprint density at radius 3 is 2.47 bits per heavy atom. The van der Waals surface area contributed by atoms with Gasteiger partial charge in [0, 0.05) is 31.5 Å². The largest absolute Gasteiger partial charge is 0.493 e. The Bertz CT molecular complexity index is 1040. The van der Waals surface area contributed by atoms with E-state index in [4.69, 9.17) is 4.74 Å². The number of rotatable bonds is 7. The number of nitrogens with zero attached hydrogens (tertiary/aromatic N) is 1. The van der Waals surface area contributed by atoms with Crippen LogP contribution in [-0.4, -0.2) is 42.2 Å². The highest BCUT2D eigenvalue weighted by Crippen LogP contribution is 2.51. The summed E-state index contributed by atoms with van der Waals surface area (Å²) in [5, 5.41) is 9.40. The molecule has 2 aromatic carbocycles. The van der Waals surface area contributed by atoms with Gasteiger partial charge in [0.2, 0.25) is 0 Å². The third kappa shape index (κ3) is 3.98. The molecule has 1 saturated heterocycles. The summed E-state index contributed by atoms with van der Waals surface area (Å²) in [7, 11) is 0. The van der Waals surface area contributed by atoms with Gasteiger partial charge in [-0.1, -0.05) is 24.3 Å². The molecule has 3 aliphatic rings. The Labute approximate surface area is 185 Å². The maximum atomic E-state index is 13.1. The van der Waals surface area contributed by atoms with E-state index in [9.17, 15) is 23.1 Å². The molecule has 2 fully saturated rings. The monoisotopic (exact) mass is 445 g/mol. The van der Waals surface area contributed by atoms with Crippen molar-refractivity contribution in [2.75, 3.05) is 26.2 Å². The van der Waals surface area contributed by atoms with E-state index in [0.29, 0.717) is 12.3 Å². The van der Waals surface area contributed by atoms with Gasteiger partial charge in [-0.15, -0.1) is 0 Å². The quantitative estimate of drug-likeness (QED) is 0.677. The minimum absolute atomic E-state index is 0.182. The predicted molar refractivity (Wildman–Crippen MR) is 113 cm³/mol. The molecular weight excluding hydrogens is 419 g/mol. The van der Waals surface area contributed by atoms with Gasteiger partial charge >= 0.3 is 12.1 Å². The van der Waals surface area contributed by atoms with E-state index in [2.05, 4.69) is 11.0 Å². The van der Waals surface area contributed by atoms with Gasteiger partial charge < -0.3 is 14.7 Å². The lowest BCUT2D eigenvalue weighted by Crippen LogP contribution is -2.58. The van der Waals surface area contributed by atoms with Gasteiger partial charge in [-0.3, -0.25) is 4.79 Å². The van der Waals surface area contributed by atoms with E-state index in [1.165, 1.54) is 23.3 Å². The van der Waals surface area contributed by atoms with Crippen LogP contribution in [-0.2, 0) is 30.2 Å². The third-order valence-electron chi connectivity index (χ3n) is 7.22. The predicted octanol–water partition coefficient (Wildman–Crippen LogP) is 4.59. The molecule has 1 heterocycles. The van der Waals surface area contributed by atoms with Gasteiger partial charge in [0.1, 0.15) is 5.75 Å². The molecule has 4 nitrogen and oxygen atoms in total. The average Bonchev–Trinajstić information content (AvgIpc) is 3.39. The van der Waals surface area contributed by atoms with Gasteiger partial charge in [-0.25, -0.2) is 0 Å². The normalized spacial score (nSPS) is 20.6. The zero-order chi connectivity index (χ0) is 22.6. The van der Waals surface area contributed by atoms with Crippen LogP contribution in [0.5, 0.6) is 5.75 Å². The first-order valence-electron chi connectivity index (χ1n) is 11.0. The van der Waals surface area contributed by atoms with Crippen LogP contribution in [0.2, 0.25) is 0 Å². The number of alkyl halides is 3. The molecule has 5 rings (SSSR count). The fourth-order valence-corrected chi connectivity index (χ4v) is 5.45. The SMILES string of the molecule is O=C(O)C1(CN2CC3(Cc4ccc(OCCc5ccccc5C(F)(F)F)cc4C3)C2)CC1. The van der Waals surface area contributed by atoms with Gasteiger partial charge in [-0.2, -0.15) is 13.2 Å². The van der Waals surface area contributed by atoms with Gasteiger partial charge in [0.15, 0.2) is 0 Å². The summed E-state index contributed by atoms with van der Waals surface area (Å²) in [5.41, 5.74) is 1.82. The molecule has 0 atom stereocenters. The van der Waals surface area contributed by atoms with Crippen molar-refractivity contribution < 1.29 is 27.8 Å². The highest BCUT2D eigenvalue weighted by Gasteiger charge is 2.55. The first kappa shape index (κ1) is 21.3. The van der Waals surface area contributed by atoms with Crippen LogP contribution in [0.3, 0.4) is 0 Å². The number of fused-ring (bicyclic) bond motifs is 1. The number of aliphatic carboxylic acids is 1. The summed E-state index contributed by atoms with van der Waals surface area (Å²) in [4.78, 5) is 13.7. The molecule has 7 heteroatoms. The van der Waals surface area contributed by atoms with Crippen LogP contribution >= 0.6 is 0 Å². The summed E-state index contributed by atoms with van der Waals surface area (Å²) in [5.74, 6) is 0.0112. The number of likely N-dealkylation sites (tertiary alicyclic amines) is 1. The molecule has 1 saturated carbocycles. The molecule has 32 heavy (non-hydrogen) atoms.